The first-order chi connectivity index (χ1) is 14.2. The predicted molar refractivity (Wildman–Crippen MR) is 109 cm³/mol. The van der Waals surface area contributed by atoms with Gasteiger partial charge in [-0.1, -0.05) is 30.3 Å². The highest BCUT2D eigenvalue weighted by atomic mass is 16.5. The second-order valence-electron chi connectivity index (χ2n) is 6.67. The van der Waals surface area contributed by atoms with E-state index in [1.54, 1.807) is 11.0 Å². The summed E-state index contributed by atoms with van der Waals surface area (Å²) in [6.07, 6.45) is 3.13. The summed E-state index contributed by atoms with van der Waals surface area (Å²) in [6.45, 7) is 4.76. The summed E-state index contributed by atoms with van der Waals surface area (Å²) in [4.78, 5) is 16.9. The van der Waals surface area contributed by atoms with Crippen LogP contribution >= 0.6 is 0 Å². The highest BCUT2D eigenvalue weighted by Crippen LogP contribution is 2.27. The topological polar surface area (TPSA) is 82.2 Å². The van der Waals surface area contributed by atoms with Crippen LogP contribution in [0.5, 0.6) is 0 Å². The van der Waals surface area contributed by atoms with Crippen molar-refractivity contribution in [1.82, 2.24) is 20.1 Å². The summed E-state index contributed by atoms with van der Waals surface area (Å²) in [7, 11) is 0. The molecule has 2 aromatic carbocycles. The Morgan fingerprint density at radius 3 is 2.72 bits per heavy atom. The van der Waals surface area contributed by atoms with Crippen molar-refractivity contribution in [2.75, 3.05) is 6.61 Å². The molecule has 0 aliphatic heterocycles. The van der Waals surface area contributed by atoms with Gasteiger partial charge in [-0.15, -0.1) is 0 Å². The molecule has 0 saturated carbocycles. The van der Waals surface area contributed by atoms with Crippen LogP contribution in [0.2, 0.25) is 0 Å². The van der Waals surface area contributed by atoms with Crippen LogP contribution < -0.4 is 5.32 Å². The first kappa shape index (κ1) is 18.9. The molecule has 1 N–H and O–H groups in total. The van der Waals surface area contributed by atoms with E-state index in [0.717, 1.165) is 22.2 Å². The van der Waals surface area contributed by atoms with E-state index in [2.05, 4.69) is 15.4 Å². The summed E-state index contributed by atoms with van der Waals surface area (Å²) in [5, 5.41) is 8.04. The Kier molecular flexibility index (Phi) is 5.39. The second-order valence-corrected chi connectivity index (χ2v) is 6.67. The van der Waals surface area contributed by atoms with E-state index in [1.165, 1.54) is 6.33 Å². The molecule has 7 nitrogen and oxygen atoms in total. The summed E-state index contributed by atoms with van der Waals surface area (Å²) in [5.74, 6) is 0.0366. The van der Waals surface area contributed by atoms with E-state index in [0.29, 0.717) is 24.6 Å². The average molecular weight is 390 g/mol. The van der Waals surface area contributed by atoms with Crippen molar-refractivity contribution in [2.45, 2.75) is 26.5 Å². The number of furan rings is 1. The number of hydrogen-bond acceptors (Lipinski definition) is 5. The third-order valence-corrected chi connectivity index (χ3v) is 4.78. The molecule has 0 radical (unpaired) electrons. The number of aromatic nitrogens is 3. The van der Waals surface area contributed by atoms with Gasteiger partial charge in [0.25, 0.3) is 5.91 Å². The Morgan fingerprint density at radius 2 is 2.00 bits per heavy atom. The highest BCUT2D eigenvalue weighted by molar-refractivity contribution is 5.99. The fraction of sp³-hybridized carbons (Fsp3) is 0.227. The SMILES string of the molecule is CCOCc1c(C(=O)N[C@@H](C)c2ccc(-n3cncn3)cc2)oc2ccccc12. The molecule has 0 spiro atoms. The molecule has 29 heavy (non-hydrogen) atoms. The molecule has 4 aromatic rings. The zero-order chi connectivity index (χ0) is 20.2. The standard InChI is InChI=1S/C22H22N4O3/c1-3-28-12-19-18-6-4-5-7-20(18)29-21(19)22(27)25-15(2)16-8-10-17(11-9-16)26-14-23-13-24-26/h4-11,13-15H,3,12H2,1-2H3,(H,25,27)/t15-/m0/s1. The number of ether oxygens (including phenoxy) is 1. The number of fused-ring (bicyclic) bond motifs is 1. The van der Waals surface area contributed by atoms with Gasteiger partial charge in [-0.3, -0.25) is 4.79 Å². The Bertz CT molecular complexity index is 1100. The fourth-order valence-electron chi connectivity index (χ4n) is 3.23. The molecule has 7 heteroatoms. The van der Waals surface area contributed by atoms with Crippen molar-refractivity contribution in [3.63, 3.8) is 0 Å². The van der Waals surface area contributed by atoms with E-state index >= 15 is 0 Å². The van der Waals surface area contributed by atoms with Gasteiger partial charge in [-0.05, 0) is 37.6 Å². The van der Waals surface area contributed by atoms with Crippen LogP contribution in [0.4, 0.5) is 0 Å². The van der Waals surface area contributed by atoms with Crippen LogP contribution in [0.25, 0.3) is 16.7 Å². The van der Waals surface area contributed by atoms with Crippen molar-refractivity contribution < 1.29 is 13.9 Å². The summed E-state index contributed by atoms with van der Waals surface area (Å²) in [5.41, 5.74) is 3.33. The number of nitrogens with zero attached hydrogens (tertiary/aromatic N) is 3. The predicted octanol–water partition coefficient (Wildman–Crippen LogP) is 4.04. The van der Waals surface area contributed by atoms with Gasteiger partial charge in [0.2, 0.25) is 0 Å². The monoisotopic (exact) mass is 390 g/mol. The molecular weight excluding hydrogens is 368 g/mol. The average Bonchev–Trinajstić information content (AvgIpc) is 3.40. The van der Waals surface area contributed by atoms with E-state index < -0.39 is 0 Å². The van der Waals surface area contributed by atoms with Crippen molar-refractivity contribution >= 4 is 16.9 Å². The van der Waals surface area contributed by atoms with Crippen molar-refractivity contribution in [2.24, 2.45) is 0 Å². The Labute approximate surface area is 168 Å². The Balaban J connectivity index is 1.54. The molecule has 0 aliphatic carbocycles. The molecule has 2 heterocycles. The summed E-state index contributed by atoms with van der Waals surface area (Å²) in [6, 6.07) is 15.2. The number of benzene rings is 2. The van der Waals surface area contributed by atoms with Crippen molar-refractivity contribution in [3.05, 3.63) is 78.1 Å². The molecule has 148 valence electrons. The zero-order valence-electron chi connectivity index (χ0n) is 16.3. The number of nitrogens with one attached hydrogen (secondary N) is 1. The lowest BCUT2D eigenvalue weighted by Gasteiger charge is -2.14. The van der Waals surface area contributed by atoms with Crippen LogP contribution in [0.3, 0.4) is 0 Å². The van der Waals surface area contributed by atoms with Crippen LogP contribution in [-0.4, -0.2) is 27.3 Å². The Hall–Kier alpha value is -3.45. The Morgan fingerprint density at radius 1 is 1.21 bits per heavy atom. The molecule has 0 aliphatic rings. The number of hydrogen-bond donors (Lipinski definition) is 1. The van der Waals surface area contributed by atoms with Gasteiger partial charge >= 0.3 is 0 Å². The zero-order valence-corrected chi connectivity index (χ0v) is 16.3. The lowest BCUT2D eigenvalue weighted by molar-refractivity contribution is 0.0901. The van der Waals surface area contributed by atoms with Crippen molar-refractivity contribution in [1.29, 1.82) is 0 Å². The van der Waals surface area contributed by atoms with Gasteiger partial charge in [0.15, 0.2) is 5.76 Å². The molecule has 2 aromatic heterocycles. The minimum Gasteiger partial charge on any atom is -0.451 e. The number of carbonyl (C=O) groups excluding carboxylic acids is 1. The minimum absolute atomic E-state index is 0.194. The normalized spacial score (nSPS) is 12.2. The lowest BCUT2D eigenvalue weighted by Crippen LogP contribution is -2.27. The minimum atomic E-state index is -0.260. The quantitative estimate of drug-likeness (QED) is 0.515. The van der Waals surface area contributed by atoms with Gasteiger partial charge < -0.3 is 14.5 Å². The largest absolute Gasteiger partial charge is 0.451 e. The summed E-state index contributed by atoms with van der Waals surface area (Å²) < 4.78 is 13.1. The molecule has 1 atom stereocenters. The van der Waals surface area contributed by atoms with Crippen LogP contribution in [0, 0.1) is 0 Å². The highest BCUT2D eigenvalue weighted by Gasteiger charge is 2.22. The van der Waals surface area contributed by atoms with Gasteiger partial charge in [-0.25, -0.2) is 9.67 Å². The van der Waals surface area contributed by atoms with Crippen LogP contribution in [-0.2, 0) is 11.3 Å². The molecule has 0 unspecified atom stereocenters. The molecule has 0 saturated heterocycles. The third kappa shape index (κ3) is 3.90. The second kappa shape index (κ2) is 8.28. The van der Waals surface area contributed by atoms with E-state index in [9.17, 15) is 4.79 Å². The van der Waals surface area contributed by atoms with E-state index in [4.69, 9.17) is 9.15 Å². The lowest BCUT2D eigenvalue weighted by atomic mass is 10.1. The van der Waals surface area contributed by atoms with E-state index in [1.807, 2.05) is 62.4 Å². The number of para-hydroxylation sites is 1. The first-order valence-electron chi connectivity index (χ1n) is 9.51. The smallest absolute Gasteiger partial charge is 0.287 e. The van der Waals surface area contributed by atoms with Crippen LogP contribution in [0.15, 0.2) is 65.6 Å². The fourth-order valence-corrected chi connectivity index (χ4v) is 3.23. The molecule has 4 rings (SSSR count). The molecule has 0 fully saturated rings. The van der Waals surface area contributed by atoms with Gasteiger partial charge in [-0.2, -0.15) is 5.10 Å². The van der Waals surface area contributed by atoms with Gasteiger partial charge in [0.1, 0.15) is 18.2 Å². The van der Waals surface area contributed by atoms with E-state index in [-0.39, 0.29) is 11.9 Å². The number of carbonyl (C=O) groups is 1. The third-order valence-electron chi connectivity index (χ3n) is 4.78. The molecule has 0 bridgehead atoms. The number of amides is 1. The molecule has 1 amide bonds. The summed E-state index contributed by atoms with van der Waals surface area (Å²) >= 11 is 0. The van der Waals surface area contributed by atoms with Gasteiger partial charge in [0.05, 0.1) is 18.3 Å². The van der Waals surface area contributed by atoms with Gasteiger partial charge in [0, 0.05) is 17.6 Å². The maximum absolute atomic E-state index is 13.0. The number of rotatable bonds is 7. The van der Waals surface area contributed by atoms with Crippen LogP contribution in [0.1, 0.15) is 41.6 Å². The molecular formula is C22H22N4O3. The maximum atomic E-state index is 13.0. The first-order valence-corrected chi connectivity index (χ1v) is 9.51. The maximum Gasteiger partial charge on any atom is 0.287 e. The van der Waals surface area contributed by atoms with Crippen molar-refractivity contribution in [3.8, 4) is 5.69 Å².